The fourth-order valence-corrected chi connectivity index (χ4v) is 3.68. The zero-order valence-electron chi connectivity index (χ0n) is 15.0. The van der Waals surface area contributed by atoms with Crippen molar-refractivity contribution in [2.75, 3.05) is 27.7 Å². The maximum atomic E-state index is 13.9. The van der Waals surface area contributed by atoms with Crippen molar-refractivity contribution in [3.05, 3.63) is 52.0 Å². The van der Waals surface area contributed by atoms with Crippen molar-refractivity contribution in [1.29, 1.82) is 0 Å². The summed E-state index contributed by atoms with van der Waals surface area (Å²) in [7, 11) is 0.352. The van der Waals surface area contributed by atoms with E-state index in [1.807, 2.05) is 16.8 Å². The first kappa shape index (κ1) is 21.0. The van der Waals surface area contributed by atoms with Crippen molar-refractivity contribution in [2.24, 2.45) is 0 Å². The summed E-state index contributed by atoms with van der Waals surface area (Å²) in [5.74, 6) is -2.51. The average Bonchev–Trinajstić information content (AvgIpc) is 3.12. The maximum Gasteiger partial charge on any atom is 0.341 e. The molecule has 27 heavy (non-hydrogen) atoms. The van der Waals surface area contributed by atoms with Crippen LogP contribution in [0.2, 0.25) is 0 Å². The molecule has 1 amide bonds. The van der Waals surface area contributed by atoms with E-state index in [1.165, 1.54) is 30.3 Å². The van der Waals surface area contributed by atoms with E-state index in [4.69, 9.17) is 4.74 Å². The molecule has 0 atom stereocenters. The van der Waals surface area contributed by atoms with Gasteiger partial charge in [-0.1, -0.05) is 0 Å². The highest BCUT2D eigenvalue weighted by Crippen LogP contribution is 2.18. The lowest BCUT2D eigenvalue weighted by Gasteiger charge is -2.16. The normalized spacial score (nSPS) is 11.4. The van der Waals surface area contributed by atoms with Crippen LogP contribution in [0.15, 0.2) is 39.9 Å². The van der Waals surface area contributed by atoms with Gasteiger partial charge in [0.05, 0.1) is 10.5 Å². The highest BCUT2D eigenvalue weighted by molar-refractivity contribution is 7.89. The second kappa shape index (κ2) is 8.59. The second-order valence-electron chi connectivity index (χ2n) is 5.89. The van der Waals surface area contributed by atoms with Crippen molar-refractivity contribution < 1.29 is 27.1 Å². The predicted molar refractivity (Wildman–Crippen MR) is 98.3 cm³/mol. The van der Waals surface area contributed by atoms with Crippen molar-refractivity contribution >= 4 is 33.2 Å². The molecule has 1 aromatic carbocycles. The molecule has 0 radical (unpaired) electrons. The van der Waals surface area contributed by atoms with Crippen LogP contribution in [0, 0.1) is 5.82 Å². The number of thiophene rings is 1. The van der Waals surface area contributed by atoms with Gasteiger partial charge >= 0.3 is 5.97 Å². The number of rotatable bonds is 7. The van der Waals surface area contributed by atoms with E-state index in [1.54, 1.807) is 7.05 Å². The van der Waals surface area contributed by atoms with Crippen LogP contribution in [0.3, 0.4) is 0 Å². The average molecular weight is 414 g/mol. The van der Waals surface area contributed by atoms with E-state index in [0.29, 0.717) is 6.54 Å². The lowest BCUT2D eigenvalue weighted by Crippen LogP contribution is -2.30. The van der Waals surface area contributed by atoms with Crippen molar-refractivity contribution in [3.8, 4) is 0 Å². The van der Waals surface area contributed by atoms with Crippen molar-refractivity contribution in [2.45, 2.75) is 11.4 Å². The number of amides is 1. The summed E-state index contributed by atoms with van der Waals surface area (Å²) < 4.78 is 44.0. The topological polar surface area (TPSA) is 84.0 Å². The smallest absolute Gasteiger partial charge is 0.341 e. The zero-order chi connectivity index (χ0) is 20.2. The number of hydrogen-bond donors (Lipinski definition) is 0. The standard InChI is InChI=1S/C17H19FN2O5S2/c1-19(2)27(23,24)13-4-5-15(18)14(8-13)17(22)25-10-16(21)20(3)9-12-6-7-26-11-12/h4-8,11H,9-10H2,1-3H3. The zero-order valence-corrected chi connectivity index (χ0v) is 16.6. The minimum Gasteiger partial charge on any atom is -0.452 e. The molecule has 10 heteroatoms. The minimum atomic E-state index is -3.84. The van der Waals surface area contributed by atoms with Crippen LogP contribution < -0.4 is 0 Å². The maximum absolute atomic E-state index is 13.9. The number of nitrogens with zero attached hydrogens (tertiary/aromatic N) is 2. The van der Waals surface area contributed by atoms with Crippen LogP contribution in [0.4, 0.5) is 4.39 Å². The molecule has 0 saturated carbocycles. The Morgan fingerprint density at radius 3 is 2.48 bits per heavy atom. The molecule has 1 heterocycles. The van der Waals surface area contributed by atoms with Crippen LogP contribution in [-0.2, 0) is 26.1 Å². The molecule has 0 unspecified atom stereocenters. The van der Waals surface area contributed by atoms with Gasteiger partial charge in [-0.2, -0.15) is 11.3 Å². The van der Waals surface area contributed by atoms with Gasteiger partial charge in [-0.25, -0.2) is 21.9 Å². The summed E-state index contributed by atoms with van der Waals surface area (Å²) >= 11 is 1.50. The summed E-state index contributed by atoms with van der Waals surface area (Å²) in [6.07, 6.45) is 0. The lowest BCUT2D eigenvalue weighted by atomic mass is 10.2. The number of esters is 1. The number of sulfonamides is 1. The fraction of sp³-hybridized carbons (Fsp3) is 0.294. The number of likely N-dealkylation sites (N-methyl/N-ethyl adjacent to an activating group) is 1. The summed E-state index contributed by atoms with van der Waals surface area (Å²) in [5, 5.41) is 3.77. The number of carbonyl (C=O) groups is 2. The van der Waals surface area contributed by atoms with Gasteiger partial charge < -0.3 is 9.64 Å². The van der Waals surface area contributed by atoms with Crippen LogP contribution >= 0.6 is 11.3 Å². The molecule has 0 aliphatic rings. The Morgan fingerprint density at radius 2 is 1.89 bits per heavy atom. The Bertz CT molecular complexity index is 927. The molecule has 0 saturated heterocycles. The number of benzene rings is 1. The molecule has 0 spiro atoms. The third kappa shape index (κ3) is 5.12. The molecule has 146 valence electrons. The van der Waals surface area contributed by atoms with Crippen LogP contribution in [-0.4, -0.2) is 57.2 Å². The van der Waals surface area contributed by atoms with E-state index in [-0.39, 0.29) is 4.90 Å². The first-order valence-electron chi connectivity index (χ1n) is 7.77. The van der Waals surface area contributed by atoms with E-state index < -0.39 is 39.9 Å². The molecular weight excluding hydrogens is 395 g/mol. The summed E-state index contributed by atoms with van der Waals surface area (Å²) in [4.78, 5) is 25.3. The molecule has 0 aliphatic carbocycles. The van der Waals surface area contributed by atoms with Gasteiger partial charge in [-0.05, 0) is 40.6 Å². The Labute approximate surface area is 161 Å². The number of carbonyl (C=O) groups excluding carboxylic acids is 2. The molecule has 7 nitrogen and oxygen atoms in total. The quantitative estimate of drug-likeness (QED) is 0.647. The molecule has 0 fully saturated rings. The van der Waals surface area contributed by atoms with Gasteiger partial charge in [-0.15, -0.1) is 0 Å². The highest BCUT2D eigenvalue weighted by atomic mass is 32.2. The van der Waals surface area contributed by atoms with Crippen LogP contribution in [0.1, 0.15) is 15.9 Å². The van der Waals surface area contributed by atoms with Gasteiger partial charge in [0.1, 0.15) is 5.82 Å². The van der Waals surface area contributed by atoms with E-state index in [9.17, 15) is 22.4 Å². The summed E-state index contributed by atoms with van der Waals surface area (Å²) in [5.41, 5.74) is 0.390. The van der Waals surface area contributed by atoms with Crippen molar-refractivity contribution in [1.82, 2.24) is 9.21 Å². The first-order chi connectivity index (χ1) is 12.6. The Kier molecular flexibility index (Phi) is 6.68. The molecule has 0 aliphatic heterocycles. The fourth-order valence-electron chi connectivity index (χ4n) is 2.09. The molecule has 2 rings (SSSR count). The number of halogens is 1. The van der Waals surface area contributed by atoms with Gasteiger partial charge in [0.25, 0.3) is 5.91 Å². The summed E-state index contributed by atoms with van der Waals surface area (Å²) in [6, 6.07) is 4.69. The van der Waals surface area contributed by atoms with E-state index in [2.05, 4.69) is 0 Å². The van der Waals surface area contributed by atoms with Gasteiger partial charge in [0.15, 0.2) is 6.61 Å². The molecule has 0 bridgehead atoms. The minimum absolute atomic E-state index is 0.248. The van der Waals surface area contributed by atoms with Crippen molar-refractivity contribution in [3.63, 3.8) is 0 Å². The van der Waals surface area contributed by atoms with Crippen LogP contribution in [0.25, 0.3) is 0 Å². The third-order valence-electron chi connectivity index (χ3n) is 3.69. The van der Waals surface area contributed by atoms with Gasteiger partial charge in [0, 0.05) is 27.7 Å². The van der Waals surface area contributed by atoms with E-state index in [0.717, 1.165) is 28.1 Å². The van der Waals surface area contributed by atoms with Crippen LogP contribution in [0.5, 0.6) is 0 Å². The van der Waals surface area contributed by atoms with Gasteiger partial charge in [0.2, 0.25) is 10.0 Å². The predicted octanol–water partition coefficient (Wildman–Crippen LogP) is 1.95. The Balaban J connectivity index is 2.06. The largest absolute Gasteiger partial charge is 0.452 e. The number of ether oxygens (including phenoxy) is 1. The second-order valence-corrected chi connectivity index (χ2v) is 8.82. The highest BCUT2D eigenvalue weighted by Gasteiger charge is 2.23. The first-order valence-corrected chi connectivity index (χ1v) is 10.2. The SMILES string of the molecule is CN(Cc1ccsc1)C(=O)COC(=O)c1cc(S(=O)(=O)N(C)C)ccc1F. The molecular formula is C17H19FN2O5S2. The third-order valence-corrected chi connectivity index (χ3v) is 6.23. The summed E-state index contributed by atoms with van der Waals surface area (Å²) in [6.45, 7) is -0.228. The Hall–Kier alpha value is -2.30. The monoisotopic (exact) mass is 414 g/mol. The Morgan fingerprint density at radius 1 is 1.19 bits per heavy atom. The molecule has 2 aromatic rings. The number of hydrogen-bond acceptors (Lipinski definition) is 6. The van der Waals surface area contributed by atoms with Gasteiger partial charge in [-0.3, -0.25) is 4.79 Å². The lowest BCUT2D eigenvalue weighted by molar-refractivity contribution is -0.133. The molecule has 1 aromatic heterocycles. The molecule has 0 N–H and O–H groups in total. The van der Waals surface area contributed by atoms with E-state index >= 15 is 0 Å².